The van der Waals surface area contributed by atoms with E-state index in [9.17, 15) is 31.5 Å². The topological polar surface area (TPSA) is 100 Å². The number of ether oxygens (including phenoxy) is 2. The van der Waals surface area contributed by atoms with E-state index in [1.165, 1.54) is 56.4 Å². The third-order valence-corrected chi connectivity index (χ3v) is 5.09. The number of hydrogen-bond donors (Lipinski definition) is 2. The van der Waals surface area contributed by atoms with Crippen molar-refractivity contribution >= 4 is 17.6 Å². The maximum Gasteiger partial charge on any atom is 0.432 e. The fraction of sp³-hybridized carbons (Fsp3) is 0.318. The Morgan fingerprint density at radius 1 is 1.11 bits per heavy atom. The Balaban J connectivity index is 1.84. The smallest absolute Gasteiger partial charge is 0.432 e. The van der Waals surface area contributed by atoms with Gasteiger partial charge in [-0.2, -0.15) is 27.1 Å². The van der Waals surface area contributed by atoms with Gasteiger partial charge in [0, 0.05) is 13.1 Å². The van der Waals surface area contributed by atoms with Crippen molar-refractivity contribution in [1.29, 1.82) is 0 Å². The molecule has 13 heteroatoms. The first kappa shape index (κ1) is 25.7. The van der Waals surface area contributed by atoms with Gasteiger partial charge in [0.1, 0.15) is 17.4 Å². The van der Waals surface area contributed by atoms with Gasteiger partial charge in [-0.3, -0.25) is 9.80 Å². The van der Waals surface area contributed by atoms with Crippen LogP contribution < -0.4 is 14.8 Å². The summed E-state index contributed by atoms with van der Waals surface area (Å²) in [6.45, 7) is -1.61. The van der Waals surface area contributed by atoms with Gasteiger partial charge in [0.25, 0.3) is 0 Å². The SMILES string of the molecule is C[C@H](NC(=O)C1C(C(F)(F)F)=NN(C)C1Oc1cccc(OC(F)F)c1)c1ccc(C(=O)O)cc1. The van der Waals surface area contributed by atoms with Crippen LogP contribution in [0.4, 0.5) is 22.0 Å². The Kier molecular flexibility index (Phi) is 7.46. The number of rotatable bonds is 8. The summed E-state index contributed by atoms with van der Waals surface area (Å²) >= 11 is 0. The number of hydrazone groups is 1. The molecule has 0 radical (unpaired) electrons. The summed E-state index contributed by atoms with van der Waals surface area (Å²) in [7, 11) is 1.18. The predicted molar refractivity (Wildman–Crippen MR) is 112 cm³/mol. The third-order valence-electron chi connectivity index (χ3n) is 5.09. The van der Waals surface area contributed by atoms with Gasteiger partial charge in [0.2, 0.25) is 12.1 Å². The molecule has 0 aliphatic carbocycles. The molecule has 0 aromatic heterocycles. The normalized spacial score (nSPS) is 18.7. The minimum absolute atomic E-state index is 0.00250. The van der Waals surface area contributed by atoms with Crippen molar-refractivity contribution < 1.29 is 46.1 Å². The second kappa shape index (κ2) is 10.2. The van der Waals surface area contributed by atoms with Crippen LogP contribution in [0.15, 0.2) is 53.6 Å². The lowest BCUT2D eigenvalue weighted by atomic mass is 9.99. The summed E-state index contributed by atoms with van der Waals surface area (Å²) in [6, 6.07) is 9.52. The van der Waals surface area contributed by atoms with Crippen LogP contribution in [0.25, 0.3) is 0 Å². The number of benzene rings is 2. The van der Waals surface area contributed by atoms with Crippen molar-refractivity contribution in [1.82, 2.24) is 10.3 Å². The molecule has 1 aliphatic rings. The Hall–Kier alpha value is -3.90. The zero-order chi connectivity index (χ0) is 25.9. The summed E-state index contributed by atoms with van der Waals surface area (Å²) in [6.07, 6.45) is -6.50. The second-order valence-electron chi connectivity index (χ2n) is 7.55. The number of aromatic carboxylic acids is 1. The fourth-order valence-corrected chi connectivity index (χ4v) is 3.43. The molecule has 3 atom stereocenters. The molecule has 0 saturated carbocycles. The summed E-state index contributed by atoms with van der Waals surface area (Å²) in [5.74, 6) is -4.52. The standard InChI is InChI=1S/C22H20F5N3O5/c1-11(12-6-8-13(9-7-12)20(32)33)28-18(31)16-17(22(25,26)27)29-30(2)19(16)34-14-4-3-5-15(10-14)35-21(23)24/h3-11,16,19,21H,1-2H3,(H,28,31)(H,32,33)/t11-,16?,19?/m0/s1. The van der Waals surface area contributed by atoms with Crippen molar-refractivity contribution in [2.45, 2.75) is 32.0 Å². The molecule has 1 heterocycles. The molecule has 1 aliphatic heterocycles. The van der Waals surface area contributed by atoms with E-state index >= 15 is 0 Å². The molecule has 0 spiro atoms. The van der Waals surface area contributed by atoms with E-state index in [4.69, 9.17) is 9.84 Å². The number of hydrogen-bond acceptors (Lipinski definition) is 6. The number of nitrogens with zero attached hydrogens (tertiary/aromatic N) is 2. The first-order chi connectivity index (χ1) is 16.4. The molecule has 3 rings (SSSR count). The number of carboxylic acids is 1. The minimum Gasteiger partial charge on any atom is -0.478 e. The van der Waals surface area contributed by atoms with E-state index in [2.05, 4.69) is 15.2 Å². The van der Waals surface area contributed by atoms with Gasteiger partial charge in [-0.05, 0) is 36.8 Å². The Bertz CT molecular complexity index is 1110. The average molecular weight is 501 g/mol. The van der Waals surface area contributed by atoms with Gasteiger partial charge >= 0.3 is 18.8 Å². The minimum atomic E-state index is -4.96. The monoisotopic (exact) mass is 501 g/mol. The molecule has 0 saturated heterocycles. The lowest BCUT2D eigenvalue weighted by molar-refractivity contribution is -0.129. The van der Waals surface area contributed by atoms with E-state index in [-0.39, 0.29) is 17.1 Å². The molecule has 2 N–H and O–H groups in total. The molecular weight excluding hydrogens is 481 g/mol. The molecule has 2 unspecified atom stereocenters. The van der Waals surface area contributed by atoms with Crippen LogP contribution in [-0.2, 0) is 4.79 Å². The number of halogens is 5. The number of carbonyl (C=O) groups is 2. The number of carbonyl (C=O) groups excluding carboxylic acids is 1. The van der Waals surface area contributed by atoms with Gasteiger partial charge in [-0.15, -0.1) is 0 Å². The average Bonchev–Trinajstić information content (AvgIpc) is 3.10. The van der Waals surface area contributed by atoms with Crippen molar-refractivity contribution in [3.8, 4) is 11.5 Å². The Morgan fingerprint density at radius 2 is 1.74 bits per heavy atom. The summed E-state index contributed by atoms with van der Waals surface area (Å²) in [4.78, 5) is 24.0. The van der Waals surface area contributed by atoms with Gasteiger partial charge in [-0.1, -0.05) is 18.2 Å². The van der Waals surface area contributed by atoms with Crippen molar-refractivity contribution in [2.24, 2.45) is 11.0 Å². The highest BCUT2D eigenvalue weighted by Gasteiger charge is 2.54. The summed E-state index contributed by atoms with van der Waals surface area (Å²) in [5, 5.41) is 15.7. The van der Waals surface area contributed by atoms with E-state index in [0.29, 0.717) is 5.56 Å². The molecule has 188 valence electrons. The van der Waals surface area contributed by atoms with E-state index in [0.717, 1.165) is 11.1 Å². The Morgan fingerprint density at radius 3 is 2.31 bits per heavy atom. The van der Waals surface area contributed by atoms with E-state index in [1.54, 1.807) is 0 Å². The molecular formula is C22H20F5N3O5. The first-order valence-corrected chi connectivity index (χ1v) is 10.1. The Labute approximate surface area is 195 Å². The summed E-state index contributed by atoms with van der Waals surface area (Å²) < 4.78 is 75.9. The quantitative estimate of drug-likeness (QED) is 0.530. The van der Waals surface area contributed by atoms with Crippen molar-refractivity contribution in [3.05, 3.63) is 59.7 Å². The highest BCUT2D eigenvalue weighted by molar-refractivity contribution is 6.08. The summed E-state index contributed by atoms with van der Waals surface area (Å²) in [5.41, 5.74) is -0.937. The van der Waals surface area contributed by atoms with Gasteiger partial charge in [-0.25, -0.2) is 4.79 Å². The van der Waals surface area contributed by atoms with Crippen LogP contribution in [-0.4, -0.2) is 53.8 Å². The van der Waals surface area contributed by atoms with Crippen LogP contribution in [0.2, 0.25) is 0 Å². The fourth-order valence-electron chi connectivity index (χ4n) is 3.43. The largest absolute Gasteiger partial charge is 0.478 e. The van der Waals surface area contributed by atoms with E-state index < -0.39 is 48.6 Å². The highest BCUT2D eigenvalue weighted by atomic mass is 19.4. The van der Waals surface area contributed by atoms with Crippen molar-refractivity contribution in [2.75, 3.05) is 7.05 Å². The highest BCUT2D eigenvalue weighted by Crippen LogP contribution is 2.34. The van der Waals surface area contributed by atoms with Crippen LogP contribution in [0.1, 0.15) is 28.9 Å². The third kappa shape index (κ3) is 6.16. The second-order valence-corrected chi connectivity index (χ2v) is 7.55. The predicted octanol–water partition coefficient (Wildman–Crippen LogP) is 4.05. The van der Waals surface area contributed by atoms with Crippen LogP contribution >= 0.6 is 0 Å². The van der Waals surface area contributed by atoms with Gasteiger partial charge in [0.05, 0.1) is 11.6 Å². The number of nitrogens with one attached hydrogen (secondary N) is 1. The van der Waals surface area contributed by atoms with Crippen LogP contribution in [0.5, 0.6) is 11.5 Å². The van der Waals surface area contributed by atoms with Crippen LogP contribution in [0.3, 0.4) is 0 Å². The maximum atomic E-state index is 13.7. The zero-order valence-electron chi connectivity index (χ0n) is 18.3. The van der Waals surface area contributed by atoms with Gasteiger partial charge in [0.15, 0.2) is 5.71 Å². The number of alkyl halides is 5. The zero-order valence-corrected chi connectivity index (χ0v) is 18.3. The molecule has 0 fully saturated rings. The molecule has 2 aromatic carbocycles. The molecule has 8 nitrogen and oxygen atoms in total. The van der Waals surface area contributed by atoms with Gasteiger partial charge < -0.3 is 19.9 Å². The molecule has 2 aromatic rings. The van der Waals surface area contributed by atoms with Crippen LogP contribution in [0, 0.1) is 5.92 Å². The number of carboxylic acid groups (broad SMARTS) is 1. The first-order valence-electron chi connectivity index (χ1n) is 10.1. The lowest BCUT2D eigenvalue weighted by Gasteiger charge is -2.27. The molecule has 35 heavy (non-hydrogen) atoms. The lowest BCUT2D eigenvalue weighted by Crippen LogP contribution is -2.48. The number of amides is 1. The van der Waals surface area contributed by atoms with E-state index in [1.807, 2.05) is 0 Å². The van der Waals surface area contributed by atoms with Crippen molar-refractivity contribution in [3.63, 3.8) is 0 Å². The maximum absolute atomic E-state index is 13.7. The molecule has 1 amide bonds. The molecule has 0 bridgehead atoms.